The SMILES string of the molecule is O=C(CNC(=O)c1cccs1)NCc1ccc(F)cc1. The van der Waals surface area contributed by atoms with Crippen LogP contribution in [0.5, 0.6) is 0 Å². The van der Waals surface area contributed by atoms with Gasteiger partial charge in [-0.3, -0.25) is 9.59 Å². The predicted molar refractivity (Wildman–Crippen MR) is 74.9 cm³/mol. The minimum atomic E-state index is -0.316. The highest BCUT2D eigenvalue weighted by Crippen LogP contribution is 2.07. The average molecular weight is 292 g/mol. The van der Waals surface area contributed by atoms with Crippen LogP contribution in [0, 0.1) is 5.82 Å². The van der Waals surface area contributed by atoms with Gasteiger partial charge < -0.3 is 10.6 Å². The first-order chi connectivity index (χ1) is 9.65. The zero-order valence-corrected chi connectivity index (χ0v) is 11.4. The molecule has 0 spiro atoms. The van der Waals surface area contributed by atoms with Crippen LogP contribution in [0.3, 0.4) is 0 Å². The van der Waals surface area contributed by atoms with Crippen LogP contribution >= 0.6 is 11.3 Å². The van der Waals surface area contributed by atoms with E-state index in [1.807, 2.05) is 0 Å². The van der Waals surface area contributed by atoms with Crippen LogP contribution < -0.4 is 10.6 Å². The molecule has 1 heterocycles. The van der Waals surface area contributed by atoms with Crippen molar-refractivity contribution in [3.8, 4) is 0 Å². The van der Waals surface area contributed by atoms with Gasteiger partial charge in [-0.05, 0) is 29.1 Å². The Hall–Kier alpha value is -2.21. The quantitative estimate of drug-likeness (QED) is 0.884. The molecule has 0 saturated carbocycles. The third kappa shape index (κ3) is 4.17. The molecule has 0 saturated heterocycles. The predicted octanol–water partition coefficient (Wildman–Crippen LogP) is 1.93. The Balaban J connectivity index is 1.73. The van der Waals surface area contributed by atoms with Gasteiger partial charge in [0.25, 0.3) is 5.91 Å². The molecule has 0 fully saturated rings. The Morgan fingerprint density at radius 2 is 1.85 bits per heavy atom. The second-order valence-corrected chi connectivity index (χ2v) is 5.01. The van der Waals surface area contributed by atoms with Gasteiger partial charge in [-0.15, -0.1) is 11.3 Å². The molecule has 0 aliphatic rings. The maximum absolute atomic E-state index is 12.7. The van der Waals surface area contributed by atoms with Gasteiger partial charge in [-0.1, -0.05) is 18.2 Å². The molecule has 104 valence electrons. The number of halogens is 1. The van der Waals surface area contributed by atoms with Crippen molar-refractivity contribution in [1.82, 2.24) is 10.6 Å². The summed E-state index contributed by atoms with van der Waals surface area (Å²) in [6, 6.07) is 9.32. The van der Waals surface area contributed by atoms with E-state index >= 15 is 0 Å². The molecule has 2 amide bonds. The highest BCUT2D eigenvalue weighted by atomic mass is 32.1. The van der Waals surface area contributed by atoms with E-state index in [1.54, 1.807) is 29.6 Å². The maximum atomic E-state index is 12.7. The van der Waals surface area contributed by atoms with Gasteiger partial charge in [0.05, 0.1) is 11.4 Å². The Morgan fingerprint density at radius 1 is 1.10 bits per heavy atom. The van der Waals surface area contributed by atoms with Gasteiger partial charge in [0, 0.05) is 6.54 Å². The molecule has 0 aliphatic carbocycles. The van der Waals surface area contributed by atoms with Crippen molar-refractivity contribution < 1.29 is 14.0 Å². The second kappa shape index (κ2) is 6.81. The molecule has 6 heteroatoms. The molecule has 2 rings (SSSR count). The smallest absolute Gasteiger partial charge is 0.261 e. The number of carbonyl (C=O) groups excluding carboxylic acids is 2. The van der Waals surface area contributed by atoms with Crippen LogP contribution in [0.15, 0.2) is 41.8 Å². The van der Waals surface area contributed by atoms with E-state index in [0.717, 1.165) is 5.56 Å². The number of carbonyl (C=O) groups is 2. The first kappa shape index (κ1) is 14.2. The van der Waals surface area contributed by atoms with Gasteiger partial charge in [0.1, 0.15) is 5.82 Å². The molecule has 0 atom stereocenters. The lowest BCUT2D eigenvalue weighted by Gasteiger charge is -2.06. The van der Waals surface area contributed by atoms with Crippen LogP contribution in [-0.2, 0) is 11.3 Å². The number of amides is 2. The number of nitrogens with one attached hydrogen (secondary N) is 2. The lowest BCUT2D eigenvalue weighted by atomic mass is 10.2. The highest BCUT2D eigenvalue weighted by Gasteiger charge is 2.08. The van der Waals surface area contributed by atoms with Crippen molar-refractivity contribution in [2.24, 2.45) is 0 Å². The molecule has 2 aromatic rings. The standard InChI is InChI=1S/C14H13FN2O2S/c15-11-5-3-10(4-6-11)8-16-13(18)9-17-14(19)12-2-1-7-20-12/h1-7H,8-9H2,(H,16,18)(H,17,19). The zero-order chi connectivity index (χ0) is 14.4. The molecule has 20 heavy (non-hydrogen) atoms. The third-order valence-corrected chi connectivity index (χ3v) is 3.43. The Labute approximate surface area is 119 Å². The fourth-order valence-electron chi connectivity index (χ4n) is 1.52. The van der Waals surface area contributed by atoms with Crippen molar-refractivity contribution in [3.63, 3.8) is 0 Å². The summed E-state index contributed by atoms with van der Waals surface area (Å²) in [6.07, 6.45) is 0. The summed E-state index contributed by atoms with van der Waals surface area (Å²) in [5.41, 5.74) is 0.796. The summed E-state index contributed by atoms with van der Waals surface area (Å²) >= 11 is 1.31. The largest absolute Gasteiger partial charge is 0.350 e. The summed E-state index contributed by atoms with van der Waals surface area (Å²) in [5.74, 6) is -0.876. The fourth-order valence-corrected chi connectivity index (χ4v) is 2.16. The van der Waals surface area contributed by atoms with Gasteiger partial charge >= 0.3 is 0 Å². The second-order valence-electron chi connectivity index (χ2n) is 4.06. The van der Waals surface area contributed by atoms with Crippen molar-refractivity contribution in [2.45, 2.75) is 6.54 Å². The summed E-state index contributed by atoms with van der Waals surface area (Å²) in [6.45, 7) is 0.214. The first-order valence-corrected chi connectivity index (χ1v) is 6.86. The first-order valence-electron chi connectivity index (χ1n) is 5.98. The lowest BCUT2D eigenvalue weighted by molar-refractivity contribution is -0.120. The van der Waals surface area contributed by atoms with Gasteiger partial charge in [-0.2, -0.15) is 0 Å². The van der Waals surface area contributed by atoms with Crippen molar-refractivity contribution >= 4 is 23.2 Å². The molecule has 1 aromatic carbocycles. The summed E-state index contributed by atoms with van der Waals surface area (Å²) in [5, 5.41) is 6.97. The van der Waals surface area contributed by atoms with E-state index in [0.29, 0.717) is 11.4 Å². The Bertz CT molecular complexity index is 582. The average Bonchev–Trinajstić information content (AvgIpc) is 2.98. The van der Waals surface area contributed by atoms with Crippen LogP contribution in [0.4, 0.5) is 4.39 Å². The van der Waals surface area contributed by atoms with E-state index in [4.69, 9.17) is 0 Å². The molecule has 0 bridgehead atoms. The van der Waals surface area contributed by atoms with Crippen molar-refractivity contribution in [2.75, 3.05) is 6.54 Å². The number of hydrogen-bond donors (Lipinski definition) is 2. The van der Waals surface area contributed by atoms with E-state index in [-0.39, 0.29) is 24.2 Å². The lowest BCUT2D eigenvalue weighted by Crippen LogP contribution is -2.36. The van der Waals surface area contributed by atoms with Crippen LogP contribution in [0.25, 0.3) is 0 Å². The minimum absolute atomic E-state index is 0.0854. The van der Waals surface area contributed by atoms with Gasteiger partial charge in [-0.25, -0.2) is 4.39 Å². The van der Waals surface area contributed by atoms with Crippen molar-refractivity contribution in [1.29, 1.82) is 0 Å². The van der Waals surface area contributed by atoms with Crippen LogP contribution in [-0.4, -0.2) is 18.4 Å². The molecular weight excluding hydrogens is 279 g/mol. The summed E-state index contributed by atoms with van der Waals surface area (Å²) in [7, 11) is 0. The molecular formula is C14H13FN2O2S. The molecule has 0 radical (unpaired) electrons. The Morgan fingerprint density at radius 3 is 2.50 bits per heavy atom. The minimum Gasteiger partial charge on any atom is -0.350 e. The molecule has 0 aliphatic heterocycles. The molecule has 0 unspecified atom stereocenters. The number of thiophene rings is 1. The van der Waals surface area contributed by atoms with Gasteiger partial charge in [0.2, 0.25) is 5.91 Å². The number of benzene rings is 1. The monoisotopic (exact) mass is 292 g/mol. The van der Waals surface area contributed by atoms with E-state index in [9.17, 15) is 14.0 Å². The molecule has 4 nitrogen and oxygen atoms in total. The summed E-state index contributed by atoms with van der Waals surface area (Å²) in [4.78, 5) is 23.7. The molecule has 1 aromatic heterocycles. The highest BCUT2D eigenvalue weighted by molar-refractivity contribution is 7.12. The fraction of sp³-hybridized carbons (Fsp3) is 0.143. The zero-order valence-electron chi connectivity index (χ0n) is 10.6. The topological polar surface area (TPSA) is 58.2 Å². The number of rotatable bonds is 5. The van der Waals surface area contributed by atoms with E-state index in [1.165, 1.54) is 23.5 Å². The normalized spacial score (nSPS) is 10.1. The van der Waals surface area contributed by atoms with E-state index in [2.05, 4.69) is 10.6 Å². The van der Waals surface area contributed by atoms with E-state index < -0.39 is 0 Å². The van der Waals surface area contributed by atoms with Gasteiger partial charge in [0.15, 0.2) is 0 Å². The summed E-state index contributed by atoms with van der Waals surface area (Å²) < 4.78 is 12.7. The Kier molecular flexibility index (Phi) is 4.84. The third-order valence-electron chi connectivity index (χ3n) is 2.56. The maximum Gasteiger partial charge on any atom is 0.261 e. The van der Waals surface area contributed by atoms with Crippen molar-refractivity contribution in [3.05, 3.63) is 58.0 Å². The van der Waals surface area contributed by atoms with Crippen LogP contribution in [0.2, 0.25) is 0 Å². The number of hydrogen-bond acceptors (Lipinski definition) is 3. The molecule has 2 N–H and O–H groups in total. The van der Waals surface area contributed by atoms with Crippen LogP contribution in [0.1, 0.15) is 15.2 Å².